The van der Waals surface area contributed by atoms with Crippen molar-refractivity contribution < 1.29 is 23.0 Å². The van der Waals surface area contributed by atoms with Crippen LogP contribution in [0.25, 0.3) is 0 Å². The van der Waals surface area contributed by atoms with Crippen LogP contribution in [0.3, 0.4) is 0 Å². The third kappa shape index (κ3) is 5.84. The van der Waals surface area contributed by atoms with Crippen LogP contribution in [0.4, 0.5) is 13.2 Å². The van der Waals surface area contributed by atoms with Crippen LogP contribution in [0.5, 0.6) is 0 Å². The van der Waals surface area contributed by atoms with Crippen LogP contribution >= 0.6 is 11.8 Å². The van der Waals surface area contributed by atoms with E-state index in [1.54, 1.807) is 0 Å². The Bertz CT molecular complexity index is 333. The molecule has 1 N–H and O–H groups in total. The summed E-state index contributed by atoms with van der Waals surface area (Å²) in [4.78, 5) is 0. The molecule has 0 fully saturated rings. The van der Waals surface area contributed by atoms with Gasteiger partial charge in [0.2, 0.25) is 5.16 Å². The Labute approximate surface area is 99.1 Å². The summed E-state index contributed by atoms with van der Waals surface area (Å²) in [5.41, 5.74) is 0. The van der Waals surface area contributed by atoms with Gasteiger partial charge < -0.3 is 9.84 Å². The molecule has 1 rings (SSSR count). The van der Waals surface area contributed by atoms with Crippen LogP contribution in [-0.4, -0.2) is 57.1 Å². The van der Waals surface area contributed by atoms with Gasteiger partial charge in [0.1, 0.15) is 6.54 Å². The number of tetrazole rings is 1. The number of thioether (sulfide) groups is 1. The highest BCUT2D eigenvalue weighted by Gasteiger charge is 2.30. The number of nitrogens with zero attached hydrogens (tertiary/aromatic N) is 4. The van der Waals surface area contributed by atoms with E-state index in [4.69, 9.17) is 9.84 Å². The maximum atomic E-state index is 12.1. The van der Waals surface area contributed by atoms with Gasteiger partial charge in [0.15, 0.2) is 0 Å². The molecule has 1 aromatic rings. The molecule has 0 unspecified atom stereocenters. The fourth-order valence-electron chi connectivity index (χ4n) is 0.927. The molecule has 0 bridgehead atoms. The molecule has 1 heterocycles. The summed E-state index contributed by atoms with van der Waals surface area (Å²) in [5.74, 6) is 0.415. The van der Waals surface area contributed by atoms with Gasteiger partial charge in [-0.05, 0) is 10.4 Å². The Kier molecular flexibility index (Phi) is 5.65. The van der Waals surface area contributed by atoms with Crippen molar-refractivity contribution in [2.24, 2.45) is 0 Å². The molecule has 0 aromatic carbocycles. The van der Waals surface area contributed by atoms with Gasteiger partial charge >= 0.3 is 6.18 Å². The first-order valence-corrected chi connectivity index (χ1v) is 5.66. The van der Waals surface area contributed by atoms with E-state index in [9.17, 15) is 13.2 Å². The van der Waals surface area contributed by atoms with E-state index in [0.29, 0.717) is 17.0 Å². The van der Waals surface area contributed by atoms with Crippen molar-refractivity contribution in [1.82, 2.24) is 20.2 Å². The van der Waals surface area contributed by atoms with Crippen LogP contribution in [0.1, 0.15) is 0 Å². The highest BCUT2D eigenvalue weighted by Crippen LogP contribution is 2.20. The highest BCUT2D eigenvalue weighted by molar-refractivity contribution is 7.99. The Morgan fingerprint density at radius 1 is 1.35 bits per heavy atom. The third-order valence-electron chi connectivity index (χ3n) is 1.52. The summed E-state index contributed by atoms with van der Waals surface area (Å²) in [6.45, 7) is -0.783. The molecule has 17 heavy (non-hydrogen) atoms. The number of hydrogen-bond acceptors (Lipinski definition) is 6. The lowest BCUT2D eigenvalue weighted by Gasteiger charge is -2.07. The first-order chi connectivity index (χ1) is 8.03. The normalized spacial score (nSPS) is 12.0. The van der Waals surface area contributed by atoms with Gasteiger partial charge in [-0.15, -0.1) is 5.10 Å². The van der Waals surface area contributed by atoms with Crippen molar-refractivity contribution in [2.45, 2.75) is 17.9 Å². The number of ether oxygens (including phenoxy) is 1. The molecular formula is C7H11F3N4O2S. The minimum atomic E-state index is -4.35. The predicted molar refractivity (Wildman–Crippen MR) is 52.5 cm³/mol. The average molecular weight is 272 g/mol. The molecule has 6 nitrogen and oxygen atoms in total. The van der Waals surface area contributed by atoms with E-state index in [1.165, 1.54) is 0 Å². The largest absolute Gasteiger partial charge is 0.408 e. The number of aliphatic hydroxyl groups excluding tert-OH is 1. The molecule has 0 saturated heterocycles. The Morgan fingerprint density at radius 2 is 2.12 bits per heavy atom. The predicted octanol–water partition coefficient (Wildman–Crippen LogP) is 0.336. The Morgan fingerprint density at radius 3 is 2.76 bits per heavy atom. The second kappa shape index (κ2) is 6.77. The molecule has 0 atom stereocenters. The van der Waals surface area contributed by atoms with Crippen molar-refractivity contribution in [3.8, 4) is 0 Å². The van der Waals surface area contributed by atoms with Crippen LogP contribution in [-0.2, 0) is 11.3 Å². The van der Waals surface area contributed by atoms with Gasteiger partial charge in [0.05, 0.1) is 19.8 Å². The van der Waals surface area contributed by atoms with E-state index in [-0.39, 0.29) is 18.4 Å². The van der Waals surface area contributed by atoms with Crippen LogP contribution in [0.2, 0.25) is 0 Å². The summed E-state index contributed by atoms with van der Waals surface area (Å²) in [6.07, 6.45) is -4.35. The number of aromatic nitrogens is 4. The van der Waals surface area contributed by atoms with Gasteiger partial charge in [-0.25, -0.2) is 4.68 Å². The molecule has 10 heteroatoms. The molecule has 1 aromatic heterocycles. The first kappa shape index (κ1) is 14.2. The summed E-state index contributed by atoms with van der Waals surface area (Å²) < 4.78 is 42.0. The van der Waals surface area contributed by atoms with Crippen LogP contribution in [0, 0.1) is 0 Å². The second-order valence-electron chi connectivity index (χ2n) is 2.92. The maximum absolute atomic E-state index is 12.1. The van der Waals surface area contributed by atoms with Crippen molar-refractivity contribution in [2.75, 3.05) is 25.6 Å². The molecule has 0 aliphatic carbocycles. The first-order valence-electron chi connectivity index (χ1n) is 4.67. The number of alkyl halides is 3. The van der Waals surface area contributed by atoms with E-state index < -0.39 is 12.7 Å². The van der Waals surface area contributed by atoms with Gasteiger partial charge in [-0.1, -0.05) is 11.8 Å². The molecule has 0 spiro atoms. The molecule has 0 saturated carbocycles. The standard InChI is InChI=1S/C7H11F3N4O2S/c8-7(9,10)5-14-6(11-12-13-14)17-4-3-16-2-1-15/h15H,1-5H2. The van der Waals surface area contributed by atoms with Crippen molar-refractivity contribution in [1.29, 1.82) is 0 Å². The Hall–Kier alpha value is -0.870. The van der Waals surface area contributed by atoms with Crippen LogP contribution < -0.4 is 0 Å². The maximum Gasteiger partial charge on any atom is 0.408 e. The Balaban J connectivity index is 2.36. The fraction of sp³-hybridized carbons (Fsp3) is 0.857. The fourth-order valence-corrected chi connectivity index (χ4v) is 1.66. The molecule has 0 aliphatic heterocycles. The molecule has 98 valence electrons. The van der Waals surface area contributed by atoms with Gasteiger partial charge in [0.25, 0.3) is 0 Å². The zero-order valence-corrected chi connectivity index (χ0v) is 9.54. The number of hydrogen-bond donors (Lipinski definition) is 1. The lowest BCUT2D eigenvalue weighted by atomic mass is 10.6. The smallest absolute Gasteiger partial charge is 0.394 e. The highest BCUT2D eigenvalue weighted by atomic mass is 32.2. The zero-order valence-electron chi connectivity index (χ0n) is 8.72. The lowest BCUT2D eigenvalue weighted by Crippen LogP contribution is -2.19. The molecule has 0 aliphatic rings. The van der Waals surface area contributed by atoms with Crippen molar-refractivity contribution in [3.05, 3.63) is 0 Å². The van der Waals surface area contributed by atoms with E-state index in [1.807, 2.05) is 0 Å². The molecule has 0 amide bonds. The average Bonchev–Trinajstić information content (AvgIpc) is 2.63. The topological polar surface area (TPSA) is 73.1 Å². The van der Waals surface area contributed by atoms with Crippen LogP contribution in [0.15, 0.2) is 5.16 Å². The summed E-state index contributed by atoms with van der Waals surface area (Å²) >= 11 is 1.07. The summed E-state index contributed by atoms with van der Waals surface area (Å²) in [7, 11) is 0. The molecule has 0 radical (unpaired) electrons. The van der Waals surface area contributed by atoms with E-state index >= 15 is 0 Å². The lowest BCUT2D eigenvalue weighted by molar-refractivity contribution is -0.144. The number of rotatable bonds is 7. The molecular weight excluding hydrogens is 261 g/mol. The number of aliphatic hydroxyl groups is 1. The van der Waals surface area contributed by atoms with Crippen molar-refractivity contribution >= 4 is 11.8 Å². The third-order valence-corrected chi connectivity index (χ3v) is 2.44. The van der Waals surface area contributed by atoms with Gasteiger partial charge in [-0.2, -0.15) is 13.2 Å². The summed E-state index contributed by atoms with van der Waals surface area (Å²) in [6, 6.07) is 0. The quantitative estimate of drug-likeness (QED) is 0.570. The second-order valence-corrected chi connectivity index (χ2v) is 3.98. The number of halogens is 3. The minimum Gasteiger partial charge on any atom is -0.394 e. The van der Waals surface area contributed by atoms with Gasteiger partial charge in [0, 0.05) is 5.75 Å². The van der Waals surface area contributed by atoms with E-state index in [0.717, 1.165) is 11.8 Å². The van der Waals surface area contributed by atoms with E-state index in [2.05, 4.69) is 15.5 Å². The monoisotopic (exact) mass is 272 g/mol. The van der Waals surface area contributed by atoms with Gasteiger partial charge in [-0.3, -0.25) is 0 Å². The minimum absolute atomic E-state index is 0.0868. The SMILES string of the molecule is OCCOCCSc1nnnn1CC(F)(F)F. The van der Waals surface area contributed by atoms with Crippen molar-refractivity contribution in [3.63, 3.8) is 0 Å². The zero-order chi connectivity index (χ0) is 12.7. The summed E-state index contributed by atoms with van der Waals surface area (Å²) in [5, 5.41) is 18.4.